The van der Waals surface area contributed by atoms with Gasteiger partial charge in [-0.2, -0.15) is 0 Å². The van der Waals surface area contributed by atoms with Crippen LogP contribution in [0.25, 0.3) is 0 Å². The fraction of sp³-hybridized carbons (Fsp3) is 0.136. The molecule has 0 bridgehead atoms. The summed E-state index contributed by atoms with van der Waals surface area (Å²) in [6.45, 7) is 0. The first-order valence-corrected chi connectivity index (χ1v) is 9.22. The highest BCUT2D eigenvalue weighted by atomic mass is 16.2. The average molecular weight is 387 g/mol. The molecule has 2 N–H and O–H groups in total. The SMILES string of the molecule is CN(C)c1ccc(C2Nc3ccccc3C(=O)N2NC(=O)c2ccncc2)cc1. The Morgan fingerprint density at radius 3 is 2.41 bits per heavy atom. The second kappa shape index (κ2) is 7.63. The zero-order chi connectivity index (χ0) is 20.4. The number of hydrogen-bond donors (Lipinski definition) is 2. The van der Waals surface area contributed by atoms with Crippen LogP contribution in [0.4, 0.5) is 11.4 Å². The number of anilines is 2. The van der Waals surface area contributed by atoms with Crippen molar-refractivity contribution in [1.29, 1.82) is 0 Å². The number of carbonyl (C=O) groups excluding carboxylic acids is 2. The van der Waals surface area contributed by atoms with E-state index in [9.17, 15) is 9.59 Å². The van der Waals surface area contributed by atoms with Gasteiger partial charge in [-0.05, 0) is 42.0 Å². The molecule has 7 nitrogen and oxygen atoms in total. The highest BCUT2D eigenvalue weighted by Gasteiger charge is 2.34. The smallest absolute Gasteiger partial charge is 0.276 e. The average Bonchev–Trinajstić information content (AvgIpc) is 2.76. The van der Waals surface area contributed by atoms with Gasteiger partial charge in [-0.15, -0.1) is 0 Å². The van der Waals surface area contributed by atoms with Crippen LogP contribution in [0.5, 0.6) is 0 Å². The Bertz CT molecular complexity index is 1030. The van der Waals surface area contributed by atoms with Crippen LogP contribution in [0.1, 0.15) is 32.4 Å². The van der Waals surface area contributed by atoms with Crippen molar-refractivity contribution in [2.75, 3.05) is 24.3 Å². The first kappa shape index (κ1) is 18.5. The number of nitrogens with one attached hydrogen (secondary N) is 2. The number of para-hydroxylation sites is 1. The Labute approximate surface area is 168 Å². The molecule has 29 heavy (non-hydrogen) atoms. The number of carbonyl (C=O) groups is 2. The fourth-order valence-electron chi connectivity index (χ4n) is 3.23. The van der Waals surface area contributed by atoms with E-state index in [0.29, 0.717) is 11.1 Å². The van der Waals surface area contributed by atoms with Crippen LogP contribution in [0.2, 0.25) is 0 Å². The second-order valence-corrected chi connectivity index (χ2v) is 6.93. The minimum atomic E-state index is -0.542. The summed E-state index contributed by atoms with van der Waals surface area (Å²) in [5.74, 6) is -0.653. The zero-order valence-electron chi connectivity index (χ0n) is 16.2. The van der Waals surface area contributed by atoms with E-state index in [2.05, 4.69) is 15.7 Å². The summed E-state index contributed by atoms with van der Waals surface area (Å²) in [5.41, 5.74) is 6.31. The van der Waals surface area contributed by atoms with Gasteiger partial charge >= 0.3 is 0 Å². The molecule has 4 rings (SSSR count). The van der Waals surface area contributed by atoms with E-state index < -0.39 is 6.17 Å². The Hall–Kier alpha value is -3.87. The van der Waals surface area contributed by atoms with Crippen molar-refractivity contribution < 1.29 is 9.59 Å². The molecule has 0 radical (unpaired) electrons. The molecule has 0 saturated heterocycles. The molecule has 7 heteroatoms. The molecule has 2 heterocycles. The number of fused-ring (bicyclic) bond motifs is 1. The van der Waals surface area contributed by atoms with Gasteiger partial charge in [-0.1, -0.05) is 24.3 Å². The molecular formula is C22H21N5O2. The summed E-state index contributed by atoms with van der Waals surface area (Å²) < 4.78 is 0. The summed E-state index contributed by atoms with van der Waals surface area (Å²) in [7, 11) is 3.93. The van der Waals surface area contributed by atoms with Crippen molar-refractivity contribution in [2.45, 2.75) is 6.17 Å². The van der Waals surface area contributed by atoms with Crippen molar-refractivity contribution >= 4 is 23.2 Å². The predicted molar refractivity (Wildman–Crippen MR) is 111 cm³/mol. The Kier molecular flexibility index (Phi) is 4.87. The van der Waals surface area contributed by atoms with E-state index >= 15 is 0 Å². The number of nitrogens with zero attached hydrogens (tertiary/aromatic N) is 3. The van der Waals surface area contributed by atoms with Crippen molar-refractivity contribution in [3.63, 3.8) is 0 Å². The molecule has 1 aliphatic rings. The second-order valence-electron chi connectivity index (χ2n) is 6.93. The first-order chi connectivity index (χ1) is 14.0. The standard InChI is InChI=1S/C22H21N5O2/c1-26(2)17-9-7-15(8-10-17)20-24-19-6-4-3-5-18(19)22(29)27(20)25-21(28)16-11-13-23-14-12-16/h3-14,20,24H,1-2H3,(H,25,28). The highest BCUT2D eigenvalue weighted by molar-refractivity contribution is 6.03. The molecule has 146 valence electrons. The minimum absolute atomic E-state index is 0.275. The first-order valence-electron chi connectivity index (χ1n) is 9.22. The summed E-state index contributed by atoms with van der Waals surface area (Å²) in [6, 6.07) is 18.3. The lowest BCUT2D eigenvalue weighted by Crippen LogP contribution is -2.52. The number of pyridine rings is 1. The molecule has 0 spiro atoms. The quantitative estimate of drug-likeness (QED) is 0.720. The molecule has 2 amide bonds. The number of aromatic nitrogens is 1. The van der Waals surface area contributed by atoms with Crippen LogP contribution in [-0.4, -0.2) is 35.9 Å². The number of hydrazine groups is 1. The van der Waals surface area contributed by atoms with E-state index in [4.69, 9.17) is 0 Å². The zero-order valence-corrected chi connectivity index (χ0v) is 16.2. The maximum Gasteiger partial charge on any atom is 0.276 e. The molecular weight excluding hydrogens is 366 g/mol. The van der Waals surface area contributed by atoms with E-state index in [1.165, 1.54) is 17.4 Å². The summed E-state index contributed by atoms with van der Waals surface area (Å²) in [6.07, 6.45) is 2.54. The third kappa shape index (κ3) is 3.62. The lowest BCUT2D eigenvalue weighted by atomic mass is 10.0. The number of benzene rings is 2. The van der Waals surface area contributed by atoms with Crippen LogP contribution >= 0.6 is 0 Å². The number of hydrogen-bond acceptors (Lipinski definition) is 5. The Balaban J connectivity index is 1.70. The third-order valence-corrected chi connectivity index (χ3v) is 4.82. The van der Waals surface area contributed by atoms with Gasteiger partial charge in [0.25, 0.3) is 11.8 Å². The van der Waals surface area contributed by atoms with Crippen LogP contribution in [0.3, 0.4) is 0 Å². The fourth-order valence-corrected chi connectivity index (χ4v) is 3.23. The third-order valence-electron chi connectivity index (χ3n) is 4.82. The predicted octanol–water partition coefficient (Wildman–Crippen LogP) is 3.06. The van der Waals surface area contributed by atoms with E-state index in [1.54, 1.807) is 24.3 Å². The Morgan fingerprint density at radius 2 is 1.72 bits per heavy atom. The van der Waals surface area contributed by atoms with Gasteiger partial charge in [-0.25, -0.2) is 5.01 Å². The monoisotopic (exact) mass is 387 g/mol. The molecule has 1 aliphatic heterocycles. The summed E-state index contributed by atoms with van der Waals surface area (Å²) >= 11 is 0. The van der Waals surface area contributed by atoms with Crippen molar-refractivity contribution in [2.24, 2.45) is 0 Å². The molecule has 1 aromatic heterocycles. The lowest BCUT2D eigenvalue weighted by Gasteiger charge is -2.37. The molecule has 1 atom stereocenters. The summed E-state index contributed by atoms with van der Waals surface area (Å²) in [5, 5.41) is 4.71. The van der Waals surface area contributed by atoms with Gasteiger partial charge in [0.2, 0.25) is 0 Å². The van der Waals surface area contributed by atoms with Crippen LogP contribution in [-0.2, 0) is 0 Å². The van der Waals surface area contributed by atoms with Crippen LogP contribution in [0, 0.1) is 0 Å². The van der Waals surface area contributed by atoms with Crippen LogP contribution in [0.15, 0.2) is 73.1 Å². The van der Waals surface area contributed by atoms with Gasteiger partial charge in [0.15, 0.2) is 0 Å². The van der Waals surface area contributed by atoms with Gasteiger partial charge in [0.05, 0.1) is 5.56 Å². The highest BCUT2D eigenvalue weighted by Crippen LogP contribution is 2.32. The topological polar surface area (TPSA) is 77.6 Å². The summed E-state index contributed by atoms with van der Waals surface area (Å²) in [4.78, 5) is 31.8. The van der Waals surface area contributed by atoms with Gasteiger partial charge in [0.1, 0.15) is 6.17 Å². The van der Waals surface area contributed by atoms with Crippen molar-refractivity contribution in [3.8, 4) is 0 Å². The van der Waals surface area contributed by atoms with E-state index in [-0.39, 0.29) is 11.8 Å². The maximum atomic E-state index is 13.2. The van der Waals surface area contributed by atoms with Crippen molar-refractivity contribution in [3.05, 3.63) is 89.7 Å². The molecule has 2 aromatic carbocycles. The maximum absolute atomic E-state index is 13.2. The minimum Gasteiger partial charge on any atom is -0.378 e. The van der Waals surface area contributed by atoms with Gasteiger partial charge < -0.3 is 10.2 Å². The van der Waals surface area contributed by atoms with Gasteiger partial charge in [0, 0.05) is 43.4 Å². The Morgan fingerprint density at radius 1 is 1.03 bits per heavy atom. The number of rotatable bonds is 4. The molecule has 0 saturated carbocycles. The lowest BCUT2D eigenvalue weighted by molar-refractivity contribution is 0.0491. The molecule has 0 aliphatic carbocycles. The van der Waals surface area contributed by atoms with E-state index in [1.807, 2.05) is 55.4 Å². The normalized spacial score (nSPS) is 15.3. The van der Waals surface area contributed by atoms with Crippen molar-refractivity contribution in [1.82, 2.24) is 15.4 Å². The molecule has 0 fully saturated rings. The number of amides is 2. The van der Waals surface area contributed by atoms with Crippen LogP contribution < -0.4 is 15.6 Å². The largest absolute Gasteiger partial charge is 0.378 e. The molecule has 1 unspecified atom stereocenters. The molecule has 3 aromatic rings. The van der Waals surface area contributed by atoms with Gasteiger partial charge in [-0.3, -0.25) is 20.0 Å². The van der Waals surface area contributed by atoms with E-state index in [0.717, 1.165) is 16.9 Å².